The molecule has 0 radical (unpaired) electrons. The normalized spacial score (nSPS) is 28.6. The molecule has 6 rings (SSSR count). The second-order valence-electron chi connectivity index (χ2n) is 17.0. The fraction of sp³-hybridized carbons (Fsp3) is 0.625. The van der Waals surface area contributed by atoms with Crippen LogP contribution in [0.5, 0.6) is 11.6 Å². The Morgan fingerprint density at radius 1 is 1.14 bits per heavy atom. The molecule has 3 heterocycles. The van der Waals surface area contributed by atoms with Gasteiger partial charge in [0.1, 0.15) is 23.7 Å². The number of halogens is 4. The van der Waals surface area contributed by atoms with E-state index in [1.165, 1.54) is 32.4 Å². The van der Waals surface area contributed by atoms with E-state index in [4.69, 9.17) is 14.2 Å². The van der Waals surface area contributed by atoms with Gasteiger partial charge in [-0.05, 0) is 94.7 Å². The number of allylic oxidation sites excluding steroid dienone is 1. The summed E-state index contributed by atoms with van der Waals surface area (Å²) < 4.78 is 99.9. The van der Waals surface area contributed by atoms with Crippen molar-refractivity contribution >= 4 is 44.6 Å². The van der Waals surface area contributed by atoms with Gasteiger partial charge in [0.05, 0.1) is 18.4 Å². The van der Waals surface area contributed by atoms with Gasteiger partial charge in [-0.2, -0.15) is 13.2 Å². The lowest BCUT2D eigenvalue weighted by Gasteiger charge is -2.35. The van der Waals surface area contributed by atoms with Gasteiger partial charge in [0.2, 0.25) is 33.3 Å². The number of nitrogens with one attached hydrogen (secondary N) is 3. The topological polar surface area (TPSA) is 182 Å². The van der Waals surface area contributed by atoms with E-state index >= 15 is 0 Å². The maximum Gasteiger partial charge on any atom is 0.427 e. The Kier molecular flexibility index (Phi) is 11.9. The Hall–Kier alpha value is -4.68. The molecule has 2 aliphatic carbocycles. The number of carbonyl (C=O) groups is 4. The number of ether oxygens (including phenoxy) is 3. The minimum absolute atomic E-state index is 0.0237. The van der Waals surface area contributed by atoms with Crippen molar-refractivity contribution in [1.82, 2.24) is 25.2 Å². The lowest BCUT2D eigenvalue weighted by atomic mass is 9.85. The van der Waals surface area contributed by atoms with Gasteiger partial charge in [-0.3, -0.25) is 19.1 Å². The maximum atomic E-state index is 14.9. The summed E-state index contributed by atoms with van der Waals surface area (Å²) in [5, 5.41) is 5.93. The van der Waals surface area contributed by atoms with Gasteiger partial charge < -0.3 is 29.7 Å². The van der Waals surface area contributed by atoms with Crippen LogP contribution < -0.4 is 24.8 Å². The first kappa shape index (κ1) is 43.9. The maximum absolute atomic E-state index is 14.9. The fourth-order valence-corrected chi connectivity index (χ4v) is 9.13. The number of hydrogen-bond donors (Lipinski definition) is 3. The molecule has 7 unspecified atom stereocenters. The number of alkyl halides is 3. The van der Waals surface area contributed by atoms with Crippen LogP contribution in [0.2, 0.25) is 0 Å². The van der Waals surface area contributed by atoms with E-state index in [0.29, 0.717) is 57.8 Å². The molecule has 0 bridgehead atoms. The van der Waals surface area contributed by atoms with Crippen LogP contribution in [-0.4, -0.2) is 96.0 Å². The molecule has 4 aliphatic rings. The van der Waals surface area contributed by atoms with E-state index in [1.807, 2.05) is 13.0 Å². The number of aromatic nitrogens is 1. The third-order valence-corrected chi connectivity index (χ3v) is 14.3. The third-order valence-electron chi connectivity index (χ3n) is 12.2. The molecular weight excluding hydrogens is 803 g/mol. The summed E-state index contributed by atoms with van der Waals surface area (Å²) in [5.74, 6) is -4.60. The van der Waals surface area contributed by atoms with Gasteiger partial charge in [-0.1, -0.05) is 32.4 Å². The molecule has 2 saturated carbocycles. The molecule has 7 atom stereocenters. The lowest BCUT2D eigenvalue weighted by Crippen LogP contribution is -2.60. The van der Waals surface area contributed by atoms with Crippen molar-refractivity contribution in [3.05, 3.63) is 42.4 Å². The zero-order valence-corrected chi connectivity index (χ0v) is 34.6. The highest BCUT2D eigenvalue weighted by Crippen LogP contribution is 2.48. The zero-order valence-electron chi connectivity index (χ0n) is 33.8. The summed E-state index contributed by atoms with van der Waals surface area (Å²) in [5.41, 5.74) is -4.60. The number of sulfonamides is 1. The zero-order chi connectivity index (χ0) is 43.3. The predicted molar refractivity (Wildman–Crippen MR) is 206 cm³/mol. The van der Waals surface area contributed by atoms with Crippen LogP contribution in [0.3, 0.4) is 0 Å². The standard InChI is InChI=1S/C40H51F4N5O9S/c1-7-23-16-22(2)10-8-9-11-25-20-39(25,35(52)48-59(54,55)38(5)13-14-38)47-32(50)29-18-26(57-33-27-19-28(41)30(56-6)17-24(27)12-15-45-33)21-49(29)34(51)31(23)46-36(53)58-37(3,4)40(42,43)44/h9,11-12,15,17,19,22-23,25-26,29,31H,7-8,10,13-14,16,18,20-21H2,1-6H3,(H,46,53)(H,47,50)(H,48,52). The average Bonchev–Trinajstić information content (AvgIpc) is 4.03. The van der Waals surface area contributed by atoms with Crippen LogP contribution in [-0.2, 0) is 29.1 Å². The molecule has 324 valence electrons. The number of hydrogen-bond acceptors (Lipinski definition) is 10. The van der Waals surface area contributed by atoms with Crippen molar-refractivity contribution in [2.45, 2.75) is 126 Å². The van der Waals surface area contributed by atoms with Gasteiger partial charge in [-0.15, -0.1) is 0 Å². The molecule has 1 aromatic heterocycles. The quantitative estimate of drug-likeness (QED) is 0.217. The SMILES string of the molecule is CCC1CC(C)CCC=CC2CC2(C(=O)NS(=O)(=O)C2(C)CC2)NC(=O)C2CC(Oc3nccc4cc(OC)c(F)cc34)CN2C(=O)C1NC(=O)OC(C)(C)C(F)(F)F. The van der Waals surface area contributed by atoms with E-state index in [0.717, 1.165) is 4.90 Å². The molecule has 3 fully saturated rings. The average molecular weight is 854 g/mol. The number of rotatable bonds is 9. The summed E-state index contributed by atoms with van der Waals surface area (Å²) in [6.07, 6.45) is -0.0192. The minimum atomic E-state index is -4.94. The van der Waals surface area contributed by atoms with Gasteiger partial charge in [-0.25, -0.2) is 22.6 Å². The summed E-state index contributed by atoms with van der Waals surface area (Å²) >= 11 is 0. The van der Waals surface area contributed by atoms with E-state index in [-0.39, 0.29) is 42.3 Å². The van der Waals surface area contributed by atoms with Crippen molar-refractivity contribution in [2.75, 3.05) is 13.7 Å². The number of benzene rings is 1. The van der Waals surface area contributed by atoms with Gasteiger partial charge >= 0.3 is 12.3 Å². The minimum Gasteiger partial charge on any atom is -0.494 e. The van der Waals surface area contributed by atoms with E-state index in [2.05, 4.69) is 20.3 Å². The van der Waals surface area contributed by atoms with E-state index in [9.17, 15) is 45.2 Å². The summed E-state index contributed by atoms with van der Waals surface area (Å²) in [4.78, 5) is 62.0. The fourth-order valence-electron chi connectivity index (χ4n) is 7.82. The Labute approximate surface area is 340 Å². The molecule has 1 aromatic carbocycles. The number of fused-ring (bicyclic) bond motifs is 3. The van der Waals surface area contributed by atoms with Gasteiger partial charge in [0.15, 0.2) is 11.6 Å². The molecule has 2 aliphatic heterocycles. The van der Waals surface area contributed by atoms with Crippen molar-refractivity contribution in [3.8, 4) is 11.6 Å². The molecule has 4 amide bonds. The smallest absolute Gasteiger partial charge is 0.427 e. The first-order valence-electron chi connectivity index (χ1n) is 19.8. The predicted octanol–water partition coefficient (Wildman–Crippen LogP) is 5.44. The number of amides is 4. The van der Waals surface area contributed by atoms with Crippen LogP contribution in [0.25, 0.3) is 10.8 Å². The number of carbonyl (C=O) groups excluding carboxylic acids is 4. The third kappa shape index (κ3) is 8.94. The summed E-state index contributed by atoms with van der Waals surface area (Å²) in [6, 6.07) is 1.36. The first-order valence-corrected chi connectivity index (χ1v) is 21.2. The number of pyridine rings is 1. The Morgan fingerprint density at radius 2 is 1.85 bits per heavy atom. The molecule has 2 aromatic rings. The monoisotopic (exact) mass is 853 g/mol. The second kappa shape index (κ2) is 16.1. The summed E-state index contributed by atoms with van der Waals surface area (Å²) in [6.45, 7) is 6.28. The van der Waals surface area contributed by atoms with E-state index in [1.54, 1.807) is 19.1 Å². The van der Waals surface area contributed by atoms with Crippen molar-refractivity contribution in [3.63, 3.8) is 0 Å². The largest absolute Gasteiger partial charge is 0.494 e. The lowest BCUT2D eigenvalue weighted by molar-refractivity contribution is -0.244. The molecule has 0 spiro atoms. The molecule has 19 heteroatoms. The highest BCUT2D eigenvalue weighted by atomic mass is 32.2. The van der Waals surface area contributed by atoms with Crippen LogP contribution in [0, 0.1) is 23.6 Å². The van der Waals surface area contributed by atoms with Crippen molar-refractivity contribution in [2.24, 2.45) is 17.8 Å². The van der Waals surface area contributed by atoms with Crippen LogP contribution >= 0.6 is 0 Å². The summed E-state index contributed by atoms with van der Waals surface area (Å²) in [7, 11) is -2.79. The highest BCUT2D eigenvalue weighted by Gasteiger charge is 2.63. The molecule has 14 nitrogen and oxygen atoms in total. The van der Waals surface area contributed by atoms with E-state index < -0.39 is 91.7 Å². The number of alkyl carbamates (subject to hydrolysis) is 1. The van der Waals surface area contributed by atoms with Crippen LogP contribution in [0.1, 0.15) is 86.0 Å². The number of methoxy groups -OCH3 is 1. The highest BCUT2D eigenvalue weighted by molar-refractivity contribution is 7.91. The Bertz CT molecular complexity index is 2130. The number of nitrogens with zero attached hydrogens (tertiary/aromatic N) is 2. The Balaban J connectivity index is 1.38. The Morgan fingerprint density at radius 3 is 2.49 bits per heavy atom. The van der Waals surface area contributed by atoms with Crippen molar-refractivity contribution in [1.29, 1.82) is 0 Å². The molecular formula is C40H51F4N5O9S. The first-order chi connectivity index (χ1) is 27.5. The molecule has 1 saturated heterocycles. The van der Waals surface area contributed by atoms with Crippen molar-refractivity contribution < 1.29 is 59.4 Å². The molecule has 3 N–H and O–H groups in total. The molecule has 59 heavy (non-hydrogen) atoms. The van der Waals surface area contributed by atoms with Crippen LogP contribution in [0.15, 0.2) is 36.5 Å². The van der Waals surface area contributed by atoms with Gasteiger partial charge in [0.25, 0.3) is 5.91 Å². The van der Waals surface area contributed by atoms with Crippen LogP contribution in [0.4, 0.5) is 22.4 Å². The second-order valence-corrected chi connectivity index (χ2v) is 19.2. The van der Waals surface area contributed by atoms with Gasteiger partial charge in [0, 0.05) is 23.9 Å².